The van der Waals surface area contributed by atoms with Crippen molar-refractivity contribution in [2.75, 3.05) is 31.6 Å². The van der Waals surface area contributed by atoms with Crippen molar-refractivity contribution in [3.05, 3.63) is 72.7 Å². The first-order valence-electron chi connectivity index (χ1n) is 12.9. The Kier molecular flexibility index (Phi) is 7.19. The lowest BCUT2D eigenvalue weighted by Crippen LogP contribution is -2.40. The van der Waals surface area contributed by atoms with Crippen LogP contribution in [0.15, 0.2) is 66.0 Å². The fourth-order valence-electron chi connectivity index (χ4n) is 4.86. The van der Waals surface area contributed by atoms with E-state index in [1.165, 1.54) is 12.3 Å². The van der Waals surface area contributed by atoms with Crippen LogP contribution in [0.1, 0.15) is 35.7 Å². The van der Waals surface area contributed by atoms with Gasteiger partial charge in [-0.2, -0.15) is 5.26 Å². The summed E-state index contributed by atoms with van der Waals surface area (Å²) in [4.78, 5) is 25.5. The Morgan fingerprint density at radius 2 is 2.08 bits per heavy atom. The lowest BCUT2D eigenvalue weighted by molar-refractivity contribution is 0.0744. The van der Waals surface area contributed by atoms with Gasteiger partial charge in [-0.1, -0.05) is 12.6 Å². The molecule has 2 N–H and O–H groups in total. The van der Waals surface area contributed by atoms with E-state index < -0.39 is 0 Å². The van der Waals surface area contributed by atoms with E-state index in [4.69, 9.17) is 4.42 Å². The first kappa shape index (κ1) is 25.8. The fourth-order valence-corrected chi connectivity index (χ4v) is 4.86. The number of carbonyl (C=O) groups excluding carboxylic acids is 1. The number of amides is 1. The van der Waals surface area contributed by atoms with Crippen LogP contribution in [0.3, 0.4) is 0 Å². The molecule has 3 aromatic heterocycles. The Morgan fingerprint density at radius 3 is 2.79 bits per heavy atom. The maximum absolute atomic E-state index is 12.9. The second-order valence-electron chi connectivity index (χ2n) is 9.69. The molecule has 0 bridgehead atoms. The fraction of sp³-hybridized carbons (Fsp3) is 0.267. The number of nitrogens with one attached hydrogen (secondary N) is 1. The zero-order valence-electron chi connectivity index (χ0n) is 22.0. The molecule has 1 saturated heterocycles. The van der Waals surface area contributed by atoms with E-state index in [2.05, 4.69) is 32.8 Å². The molecule has 1 fully saturated rings. The average Bonchev–Trinajstić information content (AvgIpc) is 3.65. The van der Waals surface area contributed by atoms with Crippen LogP contribution >= 0.6 is 0 Å². The molecule has 0 aliphatic carbocycles. The number of hydrogen-bond donors (Lipinski definition) is 2. The van der Waals surface area contributed by atoms with Crippen LogP contribution in [-0.2, 0) is 0 Å². The van der Waals surface area contributed by atoms with Crippen molar-refractivity contribution in [2.45, 2.75) is 25.8 Å². The molecule has 1 amide bonds. The van der Waals surface area contributed by atoms with Gasteiger partial charge in [0.05, 0.1) is 16.8 Å². The predicted molar refractivity (Wildman–Crippen MR) is 150 cm³/mol. The molecule has 198 valence electrons. The third kappa shape index (κ3) is 5.01. The molecule has 0 saturated carbocycles. The summed E-state index contributed by atoms with van der Waals surface area (Å²) >= 11 is 0. The minimum absolute atomic E-state index is 0.0943. The number of pyridine rings is 2. The number of carbonyl (C=O) groups is 1. The number of aromatic hydroxyl groups is 1. The number of nitrogens with zero attached hydrogens (tertiary/aromatic N) is 5. The Bertz CT molecular complexity index is 1580. The molecule has 4 aromatic rings. The highest BCUT2D eigenvalue weighted by atomic mass is 16.3. The van der Waals surface area contributed by atoms with E-state index in [0.717, 1.165) is 42.7 Å². The van der Waals surface area contributed by atoms with Crippen LogP contribution < -0.4 is 10.2 Å². The van der Waals surface area contributed by atoms with Gasteiger partial charge in [0.1, 0.15) is 23.0 Å². The number of furan rings is 1. The second-order valence-corrected chi connectivity index (χ2v) is 9.69. The maximum Gasteiger partial charge on any atom is 0.255 e. The van der Waals surface area contributed by atoms with E-state index in [0.29, 0.717) is 29.0 Å². The number of aromatic nitrogens is 2. The summed E-state index contributed by atoms with van der Waals surface area (Å²) in [6.45, 7) is 8.00. The van der Waals surface area contributed by atoms with Crippen LogP contribution in [0.4, 0.5) is 5.69 Å². The first-order valence-corrected chi connectivity index (χ1v) is 12.9. The van der Waals surface area contributed by atoms with E-state index in [1.54, 1.807) is 30.4 Å². The second kappa shape index (κ2) is 10.9. The summed E-state index contributed by atoms with van der Waals surface area (Å²) in [6, 6.07) is 13.0. The van der Waals surface area contributed by atoms with Gasteiger partial charge in [0, 0.05) is 56.7 Å². The SMILES string of the molecule is C=CNC[C@@H](C)N(C)C(=O)c1cnc(-c2cc3nccc(-c4ccc(N5CCCC5)c(C#N)c4)c3o2)c(O)c1. The molecule has 5 rings (SSSR count). The summed E-state index contributed by atoms with van der Waals surface area (Å²) in [6.07, 6.45) is 6.96. The molecule has 39 heavy (non-hydrogen) atoms. The maximum atomic E-state index is 12.9. The number of anilines is 1. The van der Waals surface area contributed by atoms with Crippen LogP contribution in [0.2, 0.25) is 0 Å². The van der Waals surface area contributed by atoms with Crippen molar-refractivity contribution in [3.63, 3.8) is 0 Å². The van der Waals surface area contributed by atoms with Gasteiger partial charge >= 0.3 is 0 Å². The van der Waals surface area contributed by atoms with Crippen molar-refractivity contribution in [2.24, 2.45) is 0 Å². The Balaban J connectivity index is 1.45. The minimum Gasteiger partial charge on any atom is -0.506 e. The topological polar surface area (TPSA) is 119 Å². The Morgan fingerprint density at radius 1 is 1.28 bits per heavy atom. The highest BCUT2D eigenvalue weighted by Gasteiger charge is 2.22. The molecule has 9 heteroatoms. The first-order chi connectivity index (χ1) is 18.9. The van der Waals surface area contributed by atoms with E-state index in [-0.39, 0.29) is 29.0 Å². The number of fused-ring (bicyclic) bond motifs is 1. The molecule has 1 aromatic carbocycles. The normalized spacial score (nSPS) is 13.7. The van der Waals surface area contributed by atoms with Crippen molar-refractivity contribution in [1.82, 2.24) is 20.2 Å². The van der Waals surface area contributed by atoms with Crippen LogP contribution in [0.25, 0.3) is 33.7 Å². The van der Waals surface area contributed by atoms with Crippen LogP contribution in [-0.4, -0.2) is 58.6 Å². The quantitative estimate of drug-likeness (QED) is 0.334. The smallest absolute Gasteiger partial charge is 0.255 e. The lowest BCUT2D eigenvalue weighted by atomic mass is 10.0. The number of benzene rings is 1. The molecule has 1 atom stereocenters. The highest BCUT2D eigenvalue weighted by Crippen LogP contribution is 2.37. The molecule has 1 aliphatic rings. The molecular formula is C30H30N6O3. The number of likely N-dealkylation sites (N-methyl/N-ethyl adjacent to an activating group) is 1. The van der Waals surface area contributed by atoms with Crippen LogP contribution in [0.5, 0.6) is 5.75 Å². The van der Waals surface area contributed by atoms with E-state index in [9.17, 15) is 15.2 Å². The molecule has 4 heterocycles. The molecular weight excluding hydrogens is 492 g/mol. The Labute approximate surface area is 227 Å². The largest absolute Gasteiger partial charge is 0.506 e. The Hall–Kier alpha value is -4.84. The van der Waals surface area contributed by atoms with Crippen molar-refractivity contribution < 1.29 is 14.3 Å². The minimum atomic E-state index is -0.262. The zero-order chi connectivity index (χ0) is 27.5. The van der Waals surface area contributed by atoms with Gasteiger partial charge in [0.15, 0.2) is 11.3 Å². The van der Waals surface area contributed by atoms with Gasteiger partial charge in [-0.15, -0.1) is 0 Å². The van der Waals surface area contributed by atoms with Crippen LogP contribution in [0, 0.1) is 11.3 Å². The molecule has 9 nitrogen and oxygen atoms in total. The summed E-state index contributed by atoms with van der Waals surface area (Å²) in [5, 5.41) is 23.6. The molecule has 0 unspecified atom stereocenters. The number of rotatable bonds is 8. The third-order valence-electron chi connectivity index (χ3n) is 7.17. The van der Waals surface area contributed by atoms with Crippen molar-refractivity contribution in [3.8, 4) is 34.4 Å². The summed E-state index contributed by atoms with van der Waals surface area (Å²) in [5.74, 6) is -0.108. The zero-order valence-corrected chi connectivity index (χ0v) is 22.0. The average molecular weight is 523 g/mol. The summed E-state index contributed by atoms with van der Waals surface area (Å²) < 4.78 is 6.16. The summed E-state index contributed by atoms with van der Waals surface area (Å²) in [5.41, 5.74) is 4.78. The summed E-state index contributed by atoms with van der Waals surface area (Å²) in [7, 11) is 1.70. The van der Waals surface area contributed by atoms with Gasteiger partial charge in [-0.3, -0.25) is 9.78 Å². The van der Waals surface area contributed by atoms with Gasteiger partial charge in [-0.05, 0) is 55.8 Å². The number of hydrogen-bond acceptors (Lipinski definition) is 8. The third-order valence-corrected chi connectivity index (χ3v) is 7.17. The molecule has 0 spiro atoms. The lowest BCUT2D eigenvalue weighted by Gasteiger charge is -2.25. The van der Waals surface area contributed by atoms with Crippen molar-refractivity contribution in [1.29, 1.82) is 5.26 Å². The predicted octanol–water partition coefficient (Wildman–Crippen LogP) is 4.93. The van der Waals surface area contributed by atoms with Gasteiger partial charge < -0.3 is 24.6 Å². The monoisotopic (exact) mass is 522 g/mol. The van der Waals surface area contributed by atoms with E-state index >= 15 is 0 Å². The standard InChI is InChI=1S/C30H30N6O3/c1-4-32-17-19(2)35(3)30(38)22-14-26(37)28(34-18-22)27-15-24-29(39-27)23(9-10-33-24)20-7-8-25(21(13-20)16-31)36-11-5-6-12-36/h4,7-10,13-15,18-19,32,37H,1,5-6,11-12,17H2,2-3H3/t19-/m1/s1. The van der Waals surface area contributed by atoms with Gasteiger partial charge in [0.25, 0.3) is 5.91 Å². The molecule has 1 aliphatic heterocycles. The van der Waals surface area contributed by atoms with Gasteiger partial charge in [-0.25, -0.2) is 4.98 Å². The van der Waals surface area contributed by atoms with E-state index in [1.807, 2.05) is 31.2 Å². The highest BCUT2D eigenvalue weighted by molar-refractivity contribution is 5.96. The molecule has 0 radical (unpaired) electrons. The van der Waals surface area contributed by atoms with Crippen molar-refractivity contribution >= 4 is 22.7 Å². The number of nitriles is 1. The van der Waals surface area contributed by atoms with Gasteiger partial charge in [0.2, 0.25) is 0 Å².